The Morgan fingerprint density at radius 2 is 2.27 bits per heavy atom. The van der Waals surface area contributed by atoms with Crippen LogP contribution in [0.25, 0.3) is 0 Å². The highest BCUT2D eigenvalue weighted by molar-refractivity contribution is 7.77. The molecule has 1 fully saturated rings. The van der Waals surface area contributed by atoms with Crippen LogP contribution in [0.5, 0.6) is 0 Å². The van der Waals surface area contributed by atoms with E-state index in [2.05, 4.69) is 10.0 Å². The maximum absolute atomic E-state index is 10.2. The SMILES string of the molecule is O=S([O-])NC1CCCNCC1. The van der Waals surface area contributed by atoms with E-state index < -0.39 is 11.3 Å². The van der Waals surface area contributed by atoms with Crippen molar-refractivity contribution in [1.29, 1.82) is 0 Å². The van der Waals surface area contributed by atoms with E-state index in [1.165, 1.54) is 0 Å². The van der Waals surface area contributed by atoms with Crippen LogP contribution in [-0.4, -0.2) is 27.9 Å². The molecule has 5 heteroatoms. The molecule has 0 saturated carbocycles. The van der Waals surface area contributed by atoms with Crippen LogP contribution >= 0.6 is 0 Å². The lowest BCUT2D eigenvalue weighted by atomic mass is 10.1. The molecular formula is C6H13N2O2S-. The predicted octanol–water partition coefficient (Wildman–Crippen LogP) is -0.488. The lowest BCUT2D eigenvalue weighted by molar-refractivity contribution is 0.484. The Labute approximate surface area is 69.2 Å². The minimum absolute atomic E-state index is 0.142. The van der Waals surface area contributed by atoms with Gasteiger partial charge < -0.3 is 9.87 Å². The quantitative estimate of drug-likeness (QED) is 0.559. The normalized spacial score (nSPS) is 29.4. The van der Waals surface area contributed by atoms with Gasteiger partial charge in [-0.05, 0) is 32.4 Å². The first-order chi connectivity index (χ1) is 5.29. The van der Waals surface area contributed by atoms with Crippen LogP contribution in [0, 0.1) is 0 Å². The molecule has 1 heterocycles. The first kappa shape index (κ1) is 9.12. The summed E-state index contributed by atoms with van der Waals surface area (Å²) in [5.74, 6) is 0. The fourth-order valence-corrected chi connectivity index (χ4v) is 1.78. The van der Waals surface area contributed by atoms with E-state index in [0.29, 0.717) is 0 Å². The van der Waals surface area contributed by atoms with E-state index in [1.807, 2.05) is 0 Å². The molecular weight excluding hydrogens is 164 g/mol. The van der Waals surface area contributed by atoms with Crippen LogP contribution in [0.2, 0.25) is 0 Å². The first-order valence-electron chi connectivity index (χ1n) is 3.85. The summed E-state index contributed by atoms with van der Waals surface area (Å²) in [5, 5.41) is 3.21. The van der Waals surface area contributed by atoms with Gasteiger partial charge in [0.05, 0.1) is 0 Å². The standard InChI is InChI=1S/C6H14N2O2S/c9-11(10)8-6-2-1-4-7-5-3-6/h6-8H,1-5H2,(H,9,10)/p-1. The minimum atomic E-state index is -2.10. The third-order valence-corrected chi connectivity index (χ3v) is 2.36. The van der Waals surface area contributed by atoms with Crippen LogP contribution in [0.1, 0.15) is 19.3 Å². The van der Waals surface area contributed by atoms with Crippen LogP contribution in [0.15, 0.2) is 0 Å². The zero-order chi connectivity index (χ0) is 8.10. The van der Waals surface area contributed by atoms with Crippen molar-refractivity contribution in [2.45, 2.75) is 25.3 Å². The second-order valence-corrected chi connectivity index (χ2v) is 3.44. The highest BCUT2D eigenvalue weighted by atomic mass is 32.2. The van der Waals surface area contributed by atoms with Crippen molar-refractivity contribution >= 4 is 11.3 Å². The molecule has 0 amide bonds. The molecule has 0 spiro atoms. The largest absolute Gasteiger partial charge is 0.760 e. The lowest BCUT2D eigenvalue weighted by Crippen LogP contribution is -2.31. The molecule has 2 unspecified atom stereocenters. The van der Waals surface area contributed by atoms with Crippen molar-refractivity contribution in [1.82, 2.24) is 10.0 Å². The van der Waals surface area contributed by atoms with Gasteiger partial charge in [-0.1, -0.05) is 0 Å². The van der Waals surface area contributed by atoms with Gasteiger partial charge in [0.15, 0.2) is 0 Å². The molecule has 1 rings (SSSR count). The average molecular weight is 177 g/mol. The highest BCUT2D eigenvalue weighted by Gasteiger charge is 2.10. The molecule has 0 aliphatic carbocycles. The molecule has 1 saturated heterocycles. The molecule has 0 bridgehead atoms. The second-order valence-electron chi connectivity index (χ2n) is 2.73. The molecule has 1 aliphatic rings. The van der Waals surface area contributed by atoms with E-state index in [0.717, 1.165) is 32.4 Å². The average Bonchev–Trinajstić information content (AvgIpc) is 2.14. The van der Waals surface area contributed by atoms with Crippen molar-refractivity contribution in [3.63, 3.8) is 0 Å². The predicted molar refractivity (Wildman–Crippen MR) is 42.6 cm³/mol. The Bertz CT molecular complexity index is 135. The monoisotopic (exact) mass is 177 g/mol. The second kappa shape index (κ2) is 4.82. The van der Waals surface area contributed by atoms with Crippen molar-refractivity contribution < 1.29 is 8.76 Å². The Balaban J connectivity index is 2.25. The summed E-state index contributed by atoms with van der Waals surface area (Å²) in [5.41, 5.74) is 0. The van der Waals surface area contributed by atoms with Gasteiger partial charge in [-0.15, -0.1) is 0 Å². The Kier molecular flexibility index (Phi) is 3.99. The Hall–Kier alpha value is 0.0300. The summed E-state index contributed by atoms with van der Waals surface area (Å²) in [4.78, 5) is 0. The topological polar surface area (TPSA) is 64.2 Å². The summed E-state index contributed by atoms with van der Waals surface area (Å²) in [6.07, 6.45) is 2.89. The Morgan fingerprint density at radius 3 is 3.00 bits per heavy atom. The molecule has 2 N–H and O–H groups in total. The molecule has 66 valence electrons. The van der Waals surface area contributed by atoms with Gasteiger partial charge in [-0.3, -0.25) is 4.21 Å². The van der Waals surface area contributed by atoms with Crippen LogP contribution in [0.4, 0.5) is 0 Å². The van der Waals surface area contributed by atoms with Crippen molar-refractivity contribution in [3.8, 4) is 0 Å². The molecule has 0 aromatic heterocycles. The first-order valence-corrected chi connectivity index (χ1v) is 4.92. The molecule has 1 aliphatic heterocycles. The van der Waals surface area contributed by atoms with E-state index in [4.69, 9.17) is 0 Å². The molecule has 0 aromatic rings. The van der Waals surface area contributed by atoms with Crippen molar-refractivity contribution in [3.05, 3.63) is 0 Å². The van der Waals surface area contributed by atoms with E-state index >= 15 is 0 Å². The minimum Gasteiger partial charge on any atom is -0.760 e. The summed E-state index contributed by atoms with van der Waals surface area (Å²) >= 11 is -2.10. The van der Waals surface area contributed by atoms with Gasteiger partial charge in [-0.25, -0.2) is 4.72 Å². The van der Waals surface area contributed by atoms with Gasteiger partial charge in [0.1, 0.15) is 0 Å². The van der Waals surface area contributed by atoms with Gasteiger partial charge in [0.25, 0.3) is 0 Å². The summed E-state index contributed by atoms with van der Waals surface area (Å²) in [6.45, 7) is 1.92. The fraction of sp³-hybridized carbons (Fsp3) is 1.00. The van der Waals surface area contributed by atoms with Crippen molar-refractivity contribution in [2.24, 2.45) is 0 Å². The molecule has 11 heavy (non-hydrogen) atoms. The van der Waals surface area contributed by atoms with Gasteiger partial charge in [0, 0.05) is 17.3 Å². The van der Waals surface area contributed by atoms with Crippen LogP contribution < -0.4 is 10.0 Å². The fourth-order valence-electron chi connectivity index (χ4n) is 1.27. The summed E-state index contributed by atoms with van der Waals surface area (Å²) in [7, 11) is 0. The summed E-state index contributed by atoms with van der Waals surface area (Å²) < 4.78 is 23.0. The Morgan fingerprint density at radius 1 is 1.45 bits per heavy atom. The lowest BCUT2D eigenvalue weighted by Gasteiger charge is -2.16. The zero-order valence-corrected chi connectivity index (χ0v) is 7.15. The van der Waals surface area contributed by atoms with Crippen LogP contribution in [-0.2, 0) is 11.3 Å². The zero-order valence-electron chi connectivity index (χ0n) is 6.34. The number of nitrogens with one attached hydrogen (secondary N) is 2. The molecule has 0 radical (unpaired) electrons. The van der Waals surface area contributed by atoms with Gasteiger partial charge in [0.2, 0.25) is 0 Å². The molecule has 2 atom stereocenters. The smallest absolute Gasteiger partial charge is 0.0197 e. The van der Waals surface area contributed by atoms with E-state index in [1.54, 1.807) is 0 Å². The number of hydrogen-bond donors (Lipinski definition) is 2. The third-order valence-electron chi connectivity index (χ3n) is 1.84. The van der Waals surface area contributed by atoms with Crippen molar-refractivity contribution in [2.75, 3.05) is 13.1 Å². The van der Waals surface area contributed by atoms with Crippen LogP contribution in [0.3, 0.4) is 0 Å². The molecule has 0 aromatic carbocycles. The summed E-state index contributed by atoms with van der Waals surface area (Å²) in [6, 6.07) is 0.142. The third kappa shape index (κ3) is 3.81. The number of rotatable bonds is 2. The van der Waals surface area contributed by atoms with E-state index in [9.17, 15) is 8.76 Å². The number of hydrogen-bond acceptors (Lipinski definition) is 3. The molecule has 4 nitrogen and oxygen atoms in total. The van der Waals surface area contributed by atoms with E-state index in [-0.39, 0.29) is 6.04 Å². The maximum atomic E-state index is 10.2. The maximum Gasteiger partial charge on any atom is 0.0197 e. The van der Waals surface area contributed by atoms with Gasteiger partial charge in [-0.2, -0.15) is 0 Å². The highest BCUT2D eigenvalue weighted by Crippen LogP contribution is 2.04. The van der Waals surface area contributed by atoms with Gasteiger partial charge >= 0.3 is 0 Å².